The van der Waals surface area contributed by atoms with E-state index in [-0.39, 0.29) is 42.9 Å². The quantitative estimate of drug-likeness (QED) is 0.0541. The summed E-state index contributed by atoms with van der Waals surface area (Å²) in [6.45, 7) is 23.8. The average Bonchev–Trinajstić information content (AvgIpc) is 3.15. The van der Waals surface area contributed by atoms with Crippen molar-refractivity contribution >= 4 is 53.2 Å². The first-order chi connectivity index (χ1) is 28.1. The number of nitrogens with two attached hydrogens (primary N) is 1. The number of carbonyl (C=O) groups is 9. The number of hydrogen-bond acceptors (Lipinski definition) is 10. The van der Waals surface area contributed by atoms with E-state index in [1.807, 2.05) is 55.4 Å². The van der Waals surface area contributed by atoms with Gasteiger partial charge in [-0.2, -0.15) is 0 Å². The second-order valence-corrected chi connectivity index (χ2v) is 18.0. The highest BCUT2D eigenvalue weighted by atomic mass is 16.4. The monoisotopic (exact) mass is 868 g/mol. The molecule has 0 aromatic heterocycles. The Kier molecular flexibility index (Phi) is 25.1. The van der Waals surface area contributed by atoms with E-state index in [4.69, 9.17) is 5.73 Å². The van der Waals surface area contributed by atoms with Gasteiger partial charge in [0.15, 0.2) is 0 Å². The van der Waals surface area contributed by atoms with Gasteiger partial charge < -0.3 is 53.4 Å². The molecule has 61 heavy (non-hydrogen) atoms. The molecule has 0 unspecified atom stereocenters. The molecule has 0 aliphatic heterocycles. The largest absolute Gasteiger partial charge is 0.480 e. The zero-order valence-electron chi connectivity index (χ0n) is 38.8. The molecule has 11 N–H and O–H groups in total. The Balaban J connectivity index is 5.63. The summed E-state index contributed by atoms with van der Waals surface area (Å²) in [6, 6.07) is -8.51. The van der Waals surface area contributed by atoms with E-state index in [2.05, 4.69) is 42.5 Å². The lowest BCUT2D eigenvalue weighted by atomic mass is 9.98. The van der Waals surface area contributed by atoms with E-state index < -0.39 is 120 Å². The summed E-state index contributed by atoms with van der Waals surface area (Å²) >= 11 is 0. The van der Waals surface area contributed by atoms with Crippen molar-refractivity contribution in [1.29, 1.82) is 0 Å². The SMILES string of the molecule is CC[C@H](C)[C@H](N)C(=O)N[C@@H](C)C(=O)N[C@H](C(=O)N[C@H](C(=O)NCC(=O)N[C@@H](C)C(=O)N[C@@H](CC(C)C)C(=O)N[C@@H](CC(C)C)C(=O)N[C@@H](CC(C)C)C(=O)O)C(C)C)C(C)C. The molecule has 8 amide bonds. The highest BCUT2D eigenvalue weighted by Crippen LogP contribution is 2.12. The van der Waals surface area contributed by atoms with Crippen molar-refractivity contribution in [2.45, 2.75) is 171 Å². The van der Waals surface area contributed by atoms with Gasteiger partial charge in [-0.25, -0.2) is 4.79 Å². The Hall–Kier alpha value is -4.81. The molecular formula is C42H77N9O10. The number of amides is 8. The van der Waals surface area contributed by atoms with Crippen molar-refractivity contribution in [3.05, 3.63) is 0 Å². The number of nitrogens with one attached hydrogen (secondary N) is 8. The highest BCUT2D eigenvalue weighted by Gasteiger charge is 2.34. The number of rotatable bonds is 27. The van der Waals surface area contributed by atoms with Crippen LogP contribution in [0, 0.1) is 35.5 Å². The maximum Gasteiger partial charge on any atom is 0.326 e. The molecule has 0 radical (unpaired) electrons. The fraction of sp³-hybridized carbons (Fsp3) is 0.786. The van der Waals surface area contributed by atoms with Crippen molar-refractivity contribution in [2.75, 3.05) is 6.54 Å². The number of carbonyl (C=O) groups excluding carboxylic acids is 8. The average molecular weight is 868 g/mol. The third-order valence-electron chi connectivity index (χ3n) is 10.0. The standard InChI is InChI=1S/C42H77N9O10/c1-15-25(12)32(43)39(57)46-27(14)36(54)50-34(24(10)11)41(59)51-33(23(8)9)40(58)44-19-31(52)45-26(13)35(53)47-28(16-20(2)3)37(55)48-29(17-21(4)5)38(56)49-30(42(60)61)18-22(6)7/h20-30,32-34H,15-19,43H2,1-14H3,(H,44,58)(H,45,52)(H,46,57)(H,47,53)(H,48,55)(H,49,56)(H,50,54)(H,51,59)(H,60,61)/t25-,26-,27-,28-,29-,30-,32-,33-,34-/m0/s1. The summed E-state index contributed by atoms with van der Waals surface area (Å²) < 4.78 is 0. The Morgan fingerprint density at radius 3 is 1.26 bits per heavy atom. The molecule has 350 valence electrons. The summed E-state index contributed by atoms with van der Waals surface area (Å²) in [5.41, 5.74) is 5.98. The summed E-state index contributed by atoms with van der Waals surface area (Å²) in [7, 11) is 0. The summed E-state index contributed by atoms with van der Waals surface area (Å²) in [5.74, 6) is -7.57. The first kappa shape index (κ1) is 56.2. The second-order valence-electron chi connectivity index (χ2n) is 18.0. The molecule has 19 nitrogen and oxygen atoms in total. The molecule has 0 rings (SSSR count). The van der Waals surface area contributed by atoms with Gasteiger partial charge in [-0.15, -0.1) is 0 Å². The Bertz CT molecular complexity index is 1500. The van der Waals surface area contributed by atoms with Gasteiger partial charge in [-0.3, -0.25) is 38.4 Å². The van der Waals surface area contributed by atoms with Crippen LogP contribution in [0.25, 0.3) is 0 Å². The maximum absolute atomic E-state index is 13.6. The molecule has 0 saturated heterocycles. The van der Waals surface area contributed by atoms with Crippen molar-refractivity contribution in [3.8, 4) is 0 Å². The van der Waals surface area contributed by atoms with Gasteiger partial charge in [-0.1, -0.05) is 89.5 Å². The van der Waals surface area contributed by atoms with Crippen LogP contribution in [0.2, 0.25) is 0 Å². The normalized spacial score (nSPS) is 15.9. The van der Waals surface area contributed by atoms with Crippen molar-refractivity contribution in [2.24, 2.45) is 41.2 Å². The van der Waals surface area contributed by atoms with Crippen LogP contribution in [-0.2, 0) is 43.2 Å². The molecule has 0 saturated carbocycles. The molecule has 0 fully saturated rings. The highest BCUT2D eigenvalue weighted by molar-refractivity contribution is 5.97. The lowest BCUT2D eigenvalue weighted by molar-refractivity contribution is -0.143. The smallest absolute Gasteiger partial charge is 0.326 e. The number of aliphatic carboxylic acids is 1. The minimum Gasteiger partial charge on any atom is -0.480 e. The van der Waals surface area contributed by atoms with E-state index in [1.165, 1.54) is 13.8 Å². The third-order valence-corrected chi connectivity index (χ3v) is 10.0. The van der Waals surface area contributed by atoms with Crippen LogP contribution in [0.5, 0.6) is 0 Å². The third kappa shape index (κ3) is 21.0. The maximum atomic E-state index is 13.6. The van der Waals surface area contributed by atoms with E-state index in [0.29, 0.717) is 6.42 Å². The molecule has 0 heterocycles. The Morgan fingerprint density at radius 1 is 0.459 bits per heavy atom. The van der Waals surface area contributed by atoms with Crippen LogP contribution < -0.4 is 48.3 Å². The zero-order chi connectivity index (χ0) is 47.5. The minimum absolute atomic E-state index is 0.0167. The van der Waals surface area contributed by atoms with Crippen molar-refractivity contribution in [3.63, 3.8) is 0 Å². The predicted octanol–water partition coefficient (Wildman–Crippen LogP) is 0.444. The van der Waals surface area contributed by atoms with Gasteiger partial charge in [0.05, 0.1) is 12.6 Å². The van der Waals surface area contributed by atoms with E-state index >= 15 is 0 Å². The molecule has 0 aromatic rings. The number of hydrogen-bond donors (Lipinski definition) is 10. The van der Waals surface area contributed by atoms with E-state index in [0.717, 1.165) is 0 Å². The minimum atomic E-state index is -1.19. The Morgan fingerprint density at radius 2 is 0.836 bits per heavy atom. The predicted molar refractivity (Wildman–Crippen MR) is 231 cm³/mol. The van der Waals surface area contributed by atoms with Gasteiger partial charge in [0.2, 0.25) is 47.3 Å². The lowest BCUT2D eigenvalue weighted by Crippen LogP contribution is -2.60. The van der Waals surface area contributed by atoms with Gasteiger partial charge >= 0.3 is 5.97 Å². The lowest BCUT2D eigenvalue weighted by Gasteiger charge is -2.28. The van der Waals surface area contributed by atoms with Gasteiger partial charge in [0, 0.05) is 0 Å². The molecule has 9 atom stereocenters. The molecule has 0 aromatic carbocycles. The second kappa shape index (κ2) is 27.2. The van der Waals surface area contributed by atoms with Crippen LogP contribution in [-0.4, -0.2) is 113 Å². The summed E-state index contributed by atoms with van der Waals surface area (Å²) in [4.78, 5) is 117. The first-order valence-electron chi connectivity index (χ1n) is 21.5. The van der Waals surface area contributed by atoms with Gasteiger partial charge in [0.25, 0.3) is 0 Å². The van der Waals surface area contributed by atoms with Crippen LogP contribution >= 0.6 is 0 Å². The van der Waals surface area contributed by atoms with Gasteiger partial charge in [0.1, 0.15) is 42.3 Å². The van der Waals surface area contributed by atoms with Crippen molar-refractivity contribution < 1.29 is 48.3 Å². The van der Waals surface area contributed by atoms with Crippen molar-refractivity contribution in [1.82, 2.24) is 42.5 Å². The number of carboxylic acid groups (broad SMARTS) is 1. The number of carboxylic acids is 1. The summed E-state index contributed by atoms with van der Waals surface area (Å²) in [5, 5.41) is 30.3. The van der Waals surface area contributed by atoms with Crippen LogP contribution in [0.15, 0.2) is 0 Å². The molecule has 0 aliphatic carbocycles. The molecule has 0 aliphatic rings. The fourth-order valence-electron chi connectivity index (χ4n) is 6.05. The Labute approximate surface area is 362 Å². The molecule has 0 bridgehead atoms. The fourth-order valence-corrected chi connectivity index (χ4v) is 6.05. The molecular weight excluding hydrogens is 791 g/mol. The summed E-state index contributed by atoms with van der Waals surface area (Å²) in [6.07, 6.45) is 1.25. The van der Waals surface area contributed by atoms with E-state index in [1.54, 1.807) is 27.7 Å². The molecule has 19 heteroatoms. The van der Waals surface area contributed by atoms with Crippen LogP contribution in [0.3, 0.4) is 0 Å². The van der Waals surface area contributed by atoms with Crippen LogP contribution in [0.4, 0.5) is 0 Å². The first-order valence-corrected chi connectivity index (χ1v) is 21.5. The van der Waals surface area contributed by atoms with Gasteiger partial charge in [-0.05, 0) is 68.6 Å². The zero-order valence-corrected chi connectivity index (χ0v) is 38.8. The van der Waals surface area contributed by atoms with E-state index in [9.17, 15) is 48.3 Å². The van der Waals surface area contributed by atoms with Crippen LogP contribution in [0.1, 0.15) is 123 Å². The topological polar surface area (TPSA) is 296 Å². The molecule has 0 spiro atoms.